The van der Waals surface area contributed by atoms with Gasteiger partial charge in [-0.05, 0) is 6.08 Å². The molecule has 0 spiro atoms. The SMILES string of the molecule is C1=NCNC2=C1CN=C/C=C\O2. The molecule has 0 bridgehead atoms. The first-order valence-corrected chi connectivity index (χ1v) is 3.75. The van der Waals surface area contributed by atoms with E-state index in [4.69, 9.17) is 4.74 Å². The van der Waals surface area contributed by atoms with Crippen LogP contribution in [0, 0.1) is 0 Å². The van der Waals surface area contributed by atoms with Crippen LogP contribution in [-0.2, 0) is 4.74 Å². The van der Waals surface area contributed by atoms with Gasteiger partial charge in [-0.3, -0.25) is 9.98 Å². The predicted molar refractivity (Wildman–Crippen MR) is 47.1 cm³/mol. The van der Waals surface area contributed by atoms with Crippen molar-refractivity contribution in [1.82, 2.24) is 5.32 Å². The molecule has 1 N–H and O–H groups in total. The van der Waals surface area contributed by atoms with E-state index in [2.05, 4.69) is 15.3 Å². The lowest BCUT2D eigenvalue weighted by Crippen LogP contribution is -2.22. The van der Waals surface area contributed by atoms with Crippen LogP contribution in [0.3, 0.4) is 0 Å². The first-order chi connectivity index (χ1) is 5.97. The average molecular weight is 163 g/mol. The van der Waals surface area contributed by atoms with Crippen molar-refractivity contribution in [1.29, 1.82) is 0 Å². The second kappa shape index (κ2) is 3.21. The molecule has 4 heteroatoms. The van der Waals surface area contributed by atoms with Crippen molar-refractivity contribution < 1.29 is 4.74 Å². The van der Waals surface area contributed by atoms with E-state index < -0.39 is 0 Å². The van der Waals surface area contributed by atoms with Gasteiger partial charge in [-0.15, -0.1) is 0 Å². The first-order valence-electron chi connectivity index (χ1n) is 3.75. The Hall–Kier alpha value is -1.58. The third-order valence-electron chi connectivity index (χ3n) is 1.59. The third-order valence-corrected chi connectivity index (χ3v) is 1.59. The molecule has 2 aliphatic rings. The van der Waals surface area contributed by atoms with Gasteiger partial charge < -0.3 is 10.1 Å². The number of nitrogens with one attached hydrogen (secondary N) is 1. The van der Waals surface area contributed by atoms with E-state index in [1.54, 1.807) is 24.8 Å². The van der Waals surface area contributed by atoms with Gasteiger partial charge in [0.05, 0.1) is 18.4 Å². The number of allylic oxidation sites excluding steroid dienone is 1. The molecule has 2 heterocycles. The zero-order valence-electron chi connectivity index (χ0n) is 6.53. The number of ether oxygens (including phenoxy) is 1. The molecule has 0 aromatic heterocycles. The van der Waals surface area contributed by atoms with E-state index in [-0.39, 0.29) is 0 Å². The zero-order chi connectivity index (χ0) is 8.23. The largest absolute Gasteiger partial charge is 0.449 e. The highest BCUT2D eigenvalue weighted by atomic mass is 16.5. The molecule has 62 valence electrons. The van der Waals surface area contributed by atoms with Crippen molar-refractivity contribution in [3.8, 4) is 0 Å². The molecule has 2 rings (SSSR count). The van der Waals surface area contributed by atoms with Crippen molar-refractivity contribution in [2.75, 3.05) is 13.2 Å². The lowest BCUT2D eigenvalue weighted by molar-refractivity contribution is 0.310. The van der Waals surface area contributed by atoms with Crippen LogP contribution in [0.2, 0.25) is 0 Å². The molecule has 4 nitrogen and oxygen atoms in total. The zero-order valence-corrected chi connectivity index (χ0v) is 6.53. The van der Waals surface area contributed by atoms with Crippen LogP contribution in [0.4, 0.5) is 0 Å². The Kier molecular flexibility index (Phi) is 1.90. The van der Waals surface area contributed by atoms with Gasteiger partial charge in [0.25, 0.3) is 0 Å². The van der Waals surface area contributed by atoms with Crippen LogP contribution >= 0.6 is 0 Å². The molecule has 0 unspecified atom stereocenters. The average Bonchev–Trinajstić information content (AvgIpc) is 2.06. The van der Waals surface area contributed by atoms with Crippen LogP contribution in [0.25, 0.3) is 0 Å². The summed E-state index contributed by atoms with van der Waals surface area (Å²) in [6.45, 7) is 1.20. The Morgan fingerprint density at radius 3 is 3.42 bits per heavy atom. The molecule has 0 aliphatic carbocycles. The van der Waals surface area contributed by atoms with E-state index in [0.29, 0.717) is 13.2 Å². The molecule has 0 amide bonds. The van der Waals surface area contributed by atoms with Crippen LogP contribution < -0.4 is 5.32 Å². The Morgan fingerprint density at radius 1 is 1.42 bits per heavy atom. The first kappa shape index (κ1) is 7.09. The predicted octanol–water partition coefficient (Wildman–Crippen LogP) is 0.444. The fourth-order valence-electron chi connectivity index (χ4n) is 1.03. The summed E-state index contributed by atoms with van der Waals surface area (Å²) in [6.07, 6.45) is 6.87. The maximum Gasteiger partial charge on any atom is 0.200 e. The van der Waals surface area contributed by atoms with Gasteiger partial charge in [0.2, 0.25) is 5.88 Å². The minimum Gasteiger partial charge on any atom is -0.449 e. The number of nitrogens with zero attached hydrogens (tertiary/aromatic N) is 2. The quantitative estimate of drug-likeness (QED) is 0.563. The smallest absolute Gasteiger partial charge is 0.200 e. The number of rotatable bonds is 0. The van der Waals surface area contributed by atoms with Gasteiger partial charge in [-0.1, -0.05) is 0 Å². The summed E-state index contributed by atoms with van der Waals surface area (Å²) in [6, 6.07) is 0. The van der Waals surface area contributed by atoms with Gasteiger partial charge >= 0.3 is 0 Å². The summed E-state index contributed by atoms with van der Waals surface area (Å²) in [5.74, 6) is 0.762. The summed E-state index contributed by atoms with van der Waals surface area (Å²) in [7, 11) is 0. The lowest BCUT2D eigenvalue weighted by atomic mass is 10.3. The van der Waals surface area contributed by atoms with Crippen molar-refractivity contribution >= 4 is 12.4 Å². The molecule has 0 fully saturated rings. The van der Waals surface area contributed by atoms with Crippen molar-refractivity contribution in [3.05, 3.63) is 23.8 Å². The van der Waals surface area contributed by atoms with Crippen LogP contribution in [0.1, 0.15) is 0 Å². The second-order valence-electron chi connectivity index (χ2n) is 2.44. The number of hydrogen-bond donors (Lipinski definition) is 1. The minimum absolute atomic E-state index is 0.580. The van der Waals surface area contributed by atoms with E-state index >= 15 is 0 Å². The lowest BCUT2D eigenvalue weighted by Gasteiger charge is -2.15. The minimum atomic E-state index is 0.580. The monoisotopic (exact) mass is 163 g/mol. The van der Waals surface area contributed by atoms with E-state index in [0.717, 1.165) is 11.5 Å². The third kappa shape index (κ3) is 1.37. The second-order valence-corrected chi connectivity index (χ2v) is 2.44. The summed E-state index contributed by atoms with van der Waals surface area (Å²) >= 11 is 0. The molecule has 12 heavy (non-hydrogen) atoms. The Balaban J connectivity index is 2.27. The van der Waals surface area contributed by atoms with Gasteiger partial charge in [0.1, 0.15) is 6.67 Å². The van der Waals surface area contributed by atoms with Gasteiger partial charge in [0.15, 0.2) is 0 Å². The van der Waals surface area contributed by atoms with Crippen molar-refractivity contribution in [2.45, 2.75) is 0 Å². The molecule has 0 atom stereocenters. The fraction of sp³-hybridized carbons (Fsp3) is 0.250. The summed E-state index contributed by atoms with van der Waals surface area (Å²) in [5.41, 5.74) is 0.988. The molecule has 0 saturated heterocycles. The van der Waals surface area contributed by atoms with Gasteiger partial charge in [-0.25, -0.2) is 0 Å². The molecule has 0 radical (unpaired) electrons. The summed E-state index contributed by atoms with van der Waals surface area (Å²) in [5, 5.41) is 3.02. The van der Waals surface area contributed by atoms with Crippen molar-refractivity contribution in [3.63, 3.8) is 0 Å². The topological polar surface area (TPSA) is 46.0 Å². The molecular formula is C8H9N3O. The number of hydrogen-bond acceptors (Lipinski definition) is 4. The molecule has 2 aliphatic heterocycles. The highest BCUT2D eigenvalue weighted by Gasteiger charge is 2.08. The van der Waals surface area contributed by atoms with E-state index in [1.807, 2.05) is 0 Å². The molecule has 0 saturated carbocycles. The van der Waals surface area contributed by atoms with E-state index in [1.165, 1.54) is 0 Å². The number of aliphatic imine (C=N–C) groups is 2. The maximum absolute atomic E-state index is 5.29. The summed E-state index contributed by atoms with van der Waals surface area (Å²) in [4.78, 5) is 8.20. The molecule has 0 aromatic carbocycles. The standard InChI is InChI=1S/C8H9N3O/c1-2-9-4-7-5-10-6-11-8(7)12-3-1/h1-3,5,11H,4,6H2/b3-1-,9-2?. The Labute approximate surface area is 70.4 Å². The highest BCUT2D eigenvalue weighted by Crippen LogP contribution is 2.07. The van der Waals surface area contributed by atoms with Gasteiger partial charge in [-0.2, -0.15) is 0 Å². The highest BCUT2D eigenvalue weighted by molar-refractivity contribution is 5.81. The van der Waals surface area contributed by atoms with Crippen LogP contribution in [0.5, 0.6) is 0 Å². The maximum atomic E-state index is 5.29. The van der Waals surface area contributed by atoms with Crippen molar-refractivity contribution in [2.24, 2.45) is 9.98 Å². The Morgan fingerprint density at radius 2 is 2.42 bits per heavy atom. The molecule has 0 aromatic rings. The van der Waals surface area contributed by atoms with Crippen LogP contribution in [0.15, 0.2) is 33.8 Å². The van der Waals surface area contributed by atoms with Gasteiger partial charge in [0, 0.05) is 12.4 Å². The molecular weight excluding hydrogens is 154 g/mol. The summed E-state index contributed by atoms with van der Waals surface area (Å²) < 4.78 is 5.29. The van der Waals surface area contributed by atoms with E-state index in [9.17, 15) is 0 Å². The van der Waals surface area contributed by atoms with Crippen LogP contribution in [-0.4, -0.2) is 25.6 Å². The normalized spacial score (nSPS) is 23.3. The fourth-order valence-corrected chi connectivity index (χ4v) is 1.03. The Bertz CT molecular complexity index is 289.